The van der Waals surface area contributed by atoms with Crippen molar-refractivity contribution in [1.82, 2.24) is 20.0 Å². The van der Waals surface area contributed by atoms with Gasteiger partial charge in [0.15, 0.2) is 0 Å². The van der Waals surface area contributed by atoms with Gasteiger partial charge >= 0.3 is 25.8 Å². The van der Waals surface area contributed by atoms with Crippen molar-refractivity contribution in [3.8, 4) is 0 Å². The van der Waals surface area contributed by atoms with Gasteiger partial charge in [-0.15, -0.1) is 0 Å². The standard InChI is InChI=1S/4C3H9N2.Hf/c4*1-4-5(2)3;/h4*1-3H3;/q4*-1;+4. The molecule has 0 atom stereocenters. The minimum Gasteiger partial charge on any atom is -0.598 e. The van der Waals surface area contributed by atoms with Gasteiger partial charge in [0, 0.05) is 0 Å². The maximum Gasteiger partial charge on any atom is 4.00 e. The molecule has 0 saturated carbocycles. The van der Waals surface area contributed by atoms with Crippen LogP contribution in [0.5, 0.6) is 0 Å². The molecular formula is C12H36HfN8. The smallest absolute Gasteiger partial charge is 0.598 e. The summed E-state index contributed by atoms with van der Waals surface area (Å²) in [6, 6.07) is 0. The monoisotopic (exact) mass is 472 g/mol. The van der Waals surface area contributed by atoms with Crippen molar-refractivity contribution in [3.63, 3.8) is 0 Å². The molecule has 0 heterocycles. The third-order valence-corrected chi connectivity index (χ3v) is 1.60. The summed E-state index contributed by atoms with van der Waals surface area (Å²) in [7, 11) is 22.1. The van der Waals surface area contributed by atoms with Gasteiger partial charge < -0.3 is 41.7 Å². The number of hydrogen-bond donors (Lipinski definition) is 0. The second-order valence-electron chi connectivity index (χ2n) is 4.19. The van der Waals surface area contributed by atoms with Gasteiger partial charge in [-0.25, -0.2) is 0 Å². The molecule has 0 aliphatic carbocycles. The summed E-state index contributed by atoms with van der Waals surface area (Å²) < 4.78 is 0. The van der Waals surface area contributed by atoms with Crippen LogP contribution in [0.15, 0.2) is 0 Å². The van der Waals surface area contributed by atoms with E-state index in [1.54, 1.807) is 48.2 Å². The molecule has 21 heavy (non-hydrogen) atoms. The van der Waals surface area contributed by atoms with Crippen LogP contribution < -0.4 is 0 Å². The van der Waals surface area contributed by atoms with Gasteiger partial charge in [-0.2, -0.15) is 28.2 Å². The van der Waals surface area contributed by atoms with Crippen LogP contribution in [0.4, 0.5) is 0 Å². The van der Waals surface area contributed by atoms with Crippen molar-refractivity contribution >= 4 is 0 Å². The van der Waals surface area contributed by atoms with Gasteiger partial charge in [-0.3, -0.25) is 0 Å². The maximum atomic E-state index is 3.72. The Labute approximate surface area is 152 Å². The van der Waals surface area contributed by atoms with Gasteiger partial charge in [0.2, 0.25) is 0 Å². The van der Waals surface area contributed by atoms with Crippen LogP contribution in [-0.2, 0) is 25.8 Å². The summed E-state index contributed by atoms with van der Waals surface area (Å²) in [5, 5.41) is 7.00. The van der Waals surface area contributed by atoms with E-state index in [2.05, 4.69) is 21.7 Å². The molecule has 0 unspecified atom stereocenters. The Kier molecular flexibility index (Phi) is 45.4. The average molecular weight is 471 g/mol. The van der Waals surface area contributed by atoms with Crippen molar-refractivity contribution in [2.75, 3.05) is 84.6 Å². The zero-order chi connectivity index (χ0) is 17.1. The van der Waals surface area contributed by atoms with Gasteiger partial charge in [0.25, 0.3) is 0 Å². The minimum absolute atomic E-state index is 0. The molecule has 0 saturated heterocycles. The summed E-state index contributed by atoms with van der Waals surface area (Å²) in [6.07, 6.45) is 0. The molecule has 0 aliphatic heterocycles. The van der Waals surface area contributed by atoms with Crippen molar-refractivity contribution in [1.29, 1.82) is 0 Å². The second kappa shape index (κ2) is 28.7. The van der Waals surface area contributed by atoms with Gasteiger partial charge in [0.05, 0.1) is 0 Å². The Bertz CT molecular complexity index is 113. The fourth-order valence-electron chi connectivity index (χ4n) is 0. The van der Waals surface area contributed by atoms with E-state index in [1.165, 1.54) is 0 Å². The Hall–Kier alpha value is 0.550. The van der Waals surface area contributed by atoms with E-state index in [0.29, 0.717) is 0 Å². The molecule has 0 rings (SSSR count). The van der Waals surface area contributed by atoms with Crippen molar-refractivity contribution in [2.24, 2.45) is 0 Å². The molecule has 0 bridgehead atoms. The van der Waals surface area contributed by atoms with E-state index < -0.39 is 0 Å². The van der Waals surface area contributed by atoms with Crippen LogP contribution >= 0.6 is 0 Å². The van der Waals surface area contributed by atoms with E-state index >= 15 is 0 Å². The first-order valence-electron chi connectivity index (χ1n) is 6.17. The Morgan fingerprint density at radius 1 is 0.381 bits per heavy atom. The third-order valence-electron chi connectivity index (χ3n) is 1.60. The predicted molar refractivity (Wildman–Crippen MR) is 91.9 cm³/mol. The summed E-state index contributed by atoms with van der Waals surface area (Å²) in [4.78, 5) is 0. The van der Waals surface area contributed by atoms with Crippen molar-refractivity contribution in [3.05, 3.63) is 21.7 Å². The number of hydrogen-bond acceptors (Lipinski definition) is 4. The topological polar surface area (TPSA) is 69.4 Å². The zero-order valence-corrected chi connectivity index (χ0v) is 19.7. The Morgan fingerprint density at radius 3 is 0.429 bits per heavy atom. The van der Waals surface area contributed by atoms with Crippen LogP contribution in [0, 0.1) is 0 Å². The fourth-order valence-corrected chi connectivity index (χ4v) is 0. The molecule has 0 spiro atoms. The van der Waals surface area contributed by atoms with Gasteiger partial charge in [-0.1, -0.05) is 0 Å². The zero-order valence-electron chi connectivity index (χ0n) is 16.1. The first kappa shape index (κ1) is 33.2. The van der Waals surface area contributed by atoms with Gasteiger partial charge in [0.1, 0.15) is 0 Å². The molecule has 0 fully saturated rings. The predicted octanol–water partition coefficient (Wildman–Crippen LogP) is 1.86. The van der Waals surface area contributed by atoms with E-state index in [9.17, 15) is 0 Å². The second-order valence-corrected chi connectivity index (χ2v) is 4.19. The molecule has 0 aromatic rings. The molecule has 0 radical (unpaired) electrons. The van der Waals surface area contributed by atoms with E-state index in [-0.39, 0.29) is 25.8 Å². The third kappa shape index (κ3) is 96.7. The van der Waals surface area contributed by atoms with Crippen LogP contribution in [0.25, 0.3) is 21.7 Å². The molecule has 128 valence electrons. The Balaban J connectivity index is -0.0000000533. The number of rotatable bonds is 4. The van der Waals surface area contributed by atoms with Gasteiger partial charge in [-0.05, 0) is 56.4 Å². The summed E-state index contributed by atoms with van der Waals surface area (Å²) in [5.41, 5.74) is 14.9. The van der Waals surface area contributed by atoms with Crippen LogP contribution in [-0.4, -0.2) is 105 Å². The van der Waals surface area contributed by atoms with E-state index in [0.717, 1.165) is 0 Å². The van der Waals surface area contributed by atoms with E-state index in [1.807, 2.05) is 56.4 Å². The molecular weight excluding hydrogens is 435 g/mol. The first-order chi connectivity index (χ1) is 9.08. The average Bonchev–Trinajstić information content (AvgIpc) is 2.40. The molecule has 9 heteroatoms. The first-order valence-corrected chi connectivity index (χ1v) is 6.17. The molecule has 0 aromatic heterocycles. The SMILES string of the molecule is C[N-]N(C)C.C[N-]N(C)C.C[N-]N(C)C.C[N-]N(C)C.[Hf+4]. The minimum atomic E-state index is 0. The van der Waals surface area contributed by atoms with Crippen LogP contribution in [0.3, 0.4) is 0 Å². The molecule has 0 aromatic carbocycles. The van der Waals surface area contributed by atoms with Crippen LogP contribution in [0.1, 0.15) is 0 Å². The maximum absolute atomic E-state index is 3.72. The molecule has 8 nitrogen and oxygen atoms in total. The van der Waals surface area contributed by atoms with Crippen molar-refractivity contribution < 1.29 is 25.8 Å². The Morgan fingerprint density at radius 2 is 0.429 bits per heavy atom. The van der Waals surface area contributed by atoms with Crippen molar-refractivity contribution in [2.45, 2.75) is 0 Å². The molecule has 0 amide bonds. The number of nitrogens with zero attached hydrogens (tertiary/aromatic N) is 8. The summed E-state index contributed by atoms with van der Waals surface area (Å²) in [6.45, 7) is 0. The largest absolute Gasteiger partial charge is 4.00 e. The quantitative estimate of drug-likeness (QED) is 0.464. The molecule has 0 aliphatic rings. The summed E-state index contributed by atoms with van der Waals surface area (Å²) in [5.74, 6) is 0. The fraction of sp³-hybridized carbons (Fsp3) is 1.00. The normalized spacial score (nSPS) is 9.14. The van der Waals surface area contributed by atoms with Crippen LogP contribution in [0.2, 0.25) is 0 Å². The molecule has 0 N–H and O–H groups in total. The van der Waals surface area contributed by atoms with E-state index in [4.69, 9.17) is 0 Å². The summed E-state index contributed by atoms with van der Waals surface area (Å²) >= 11 is 0.